The van der Waals surface area contributed by atoms with Crippen molar-refractivity contribution in [2.75, 3.05) is 0 Å². The van der Waals surface area contributed by atoms with Gasteiger partial charge in [-0.1, -0.05) is 44.2 Å². The third-order valence-corrected chi connectivity index (χ3v) is 3.83. The third-order valence-electron chi connectivity index (χ3n) is 3.83. The van der Waals surface area contributed by atoms with Crippen molar-refractivity contribution in [3.05, 3.63) is 35.9 Å². The van der Waals surface area contributed by atoms with Crippen LogP contribution in [-0.2, 0) is 25.7 Å². The summed E-state index contributed by atoms with van der Waals surface area (Å²) >= 11 is 0. The molecular formula is C19H26N2O6. The zero-order valence-corrected chi connectivity index (χ0v) is 15.7. The van der Waals surface area contributed by atoms with E-state index in [0.29, 0.717) is 0 Å². The summed E-state index contributed by atoms with van der Waals surface area (Å²) in [5, 5.41) is 14.0. The SMILES string of the molecule is CC(=O)CC[C@@H](NC(=O)[C@H](NC(=O)OCc1ccccc1)C(C)C)C(=O)O. The van der Waals surface area contributed by atoms with Crippen molar-refractivity contribution in [1.29, 1.82) is 0 Å². The predicted octanol–water partition coefficient (Wildman–Crippen LogP) is 1.88. The van der Waals surface area contributed by atoms with E-state index >= 15 is 0 Å². The Bertz CT molecular complexity index is 659. The number of benzene rings is 1. The molecule has 1 rings (SSSR count). The first-order valence-corrected chi connectivity index (χ1v) is 8.70. The highest BCUT2D eigenvalue weighted by Gasteiger charge is 2.29. The van der Waals surface area contributed by atoms with E-state index in [0.717, 1.165) is 5.56 Å². The summed E-state index contributed by atoms with van der Waals surface area (Å²) in [5.74, 6) is -2.34. The Morgan fingerprint density at radius 1 is 1.07 bits per heavy atom. The molecule has 3 N–H and O–H groups in total. The van der Waals surface area contributed by atoms with Crippen molar-refractivity contribution < 1.29 is 29.0 Å². The lowest BCUT2D eigenvalue weighted by Crippen LogP contribution is -2.53. The third kappa shape index (κ3) is 8.35. The molecule has 0 saturated heterocycles. The van der Waals surface area contributed by atoms with Crippen LogP contribution in [0, 0.1) is 5.92 Å². The highest BCUT2D eigenvalue weighted by molar-refractivity contribution is 5.89. The molecule has 1 aromatic rings. The number of hydrogen-bond donors (Lipinski definition) is 3. The second kappa shape index (κ2) is 10.9. The number of carboxylic acids is 1. The molecule has 0 saturated carbocycles. The standard InChI is InChI=1S/C19H26N2O6/c1-12(2)16(17(23)20-15(18(24)25)10-9-13(3)22)21-19(26)27-11-14-7-5-4-6-8-14/h4-8,12,15-16H,9-11H2,1-3H3,(H,20,23)(H,21,26)(H,24,25)/t15-,16-/m1/s1. The number of nitrogens with one attached hydrogen (secondary N) is 2. The number of carbonyl (C=O) groups excluding carboxylic acids is 3. The number of amides is 2. The van der Waals surface area contributed by atoms with Gasteiger partial charge in [0.15, 0.2) is 0 Å². The van der Waals surface area contributed by atoms with Gasteiger partial charge >= 0.3 is 12.1 Å². The molecule has 2 atom stereocenters. The van der Waals surface area contributed by atoms with E-state index < -0.39 is 30.1 Å². The van der Waals surface area contributed by atoms with E-state index in [4.69, 9.17) is 4.74 Å². The Kier molecular flexibility index (Phi) is 8.98. The maximum absolute atomic E-state index is 12.4. The molecule has 0 fully saturated rings. The fourth-order valence-electron chi connectivity index (χ4n) is 2.29. The topological polar surface area (TPSA) is 122 Å². The predicted molar refractivity (Wildman–Crippen MR) is 97.9 cm³/mol. The number of aliphatic carboxylic acids is 1. The smallest absolute Gasteiger partial charge is 0.408 e. The number of carbonyl (C=O) groups is 4. The Labute approximate surface area is 158 Å². The number of rotatable bonds is 10. The molecule has 0 heterocycles. The van der Waals surface area contributed by atoms with E-state index in [-0.39, 0.29) is 31.1 Å². The Hall–Kier alpha value is -2.90. The van der Waals surface area contributed by atoms with E-state index in [1.165, 1.54) is 6.92 Å². The first kappa shape index (κ1) is 22.1. The fraction of sp³-hybridized carbons (Fsp3) is 0.474. The molecule has 0 radical (unpaired) electrons. The van der Waals surface area contributed by atoms with Crippen molar-refractivity contribution >= 4 is 23.8 Å². The van der Waals surface area contributed by atoms with Crippen LogP contribution in [0.1, 0.15) is 39.2 Å². The lowest BCUT2D eigenvalue weighted by molar-refractivity contribution is -0.142. The summed E-state index contributed by atoms with van der Waals surface area (Å²) in [5.41, 5.74) is 0.799. The maximum atomic E-state index is 12.4. The van der Waals surface area contributed by atoms with Gasteiger partial charge in [-0.2, -0.15) is 0 Å². The minimum absolute atomic E-state index is 0.0142. The Balaban J connectivity index is 2.64. The molecular weight excluding hydrogens is 352 g/mol. The summed E-state index contributed by atoms with van der Waals surface area (Å²) in [6, 6.07) is 6.89. The normalized spacial score (nSPS) is 12.7. The van der Waals surface area contributed by atoms with Gasteiger partial charge in [-0.15, -0.1) is 0 Å². The van der Waals surface area contributed by atoms with Gasteiger partial charge in [-0.3, -0.25) is 4.79 Å². The van der Waals surface area contributed by atoms with E-state index in [9.17, 15) is 24.3 Å². The number of hydrogen-bond acceptors (Lipinski definition) is 5. The molecule has 8 heteroatoms. The summed E-state index contributed by atoms with van der Waals surface area (Å²) in [4.78, 5) is 46.8. The van der Waals surface area contributed by atoms with Crippen LogP contribution in [-0.4, -0.2) is 40.9 Å². The van der Waals surface area contributed by atoms with Gasteiger partial charge in [0, 0.05) is 6.42 Å². The van der Waals surface area contributed by atoms with Crippen LogP contribution in [0.25, 0.3) is 0 Å². The van der Waals surface area contributed by atoms with Gasteiger partial charge in [0.1, 0.15) is 24.5 Å². The molecule has 148 valence electrons. The maximum Gasteiger partial charge on any atom is 0.408 e. The Morgan fingerprint density at radius 3 is 2.22 bits per heavy atom. The summed E-state index contributed by atoms with van der Waals surface area (Å²) < 4.78 is 5.10. The Morgan fingerprint density at radius 2 is 1.70 bits per heavy atom. The van der Waals surface area contributed by atoms with Crippen LogP contribution in [0.4, 0.5) is 4.79 Å². The second-order valence-electron chi connectivity index (χ2n) is 6.57. The molecule has 0 unspecified atom stereocenters. The number of Topliss-reactive ketones (excluding diaryl/α,β-unsaturated/α-hetero) is 1. The van der Waals surface area contributed by atoms with E-state index in [2.05, 4.69) is 10.6 Å². The minimum Gasteiger partial charge on any atom is -0.480 e. The van der Waals surface area contributed by atoms with E-state index in [1.807, 2.05) is 18.2 Å². The quantitative estimate of drug-likeness (QED) is 0.571. The zero-order chi connectivity index (χ0) is 20.4. The van der Waals surface area contributed by atoms with Gasteiger partial charge in [0.05, 0.1) is 0 Å². The number of carboxylic acid groups (broad SMARTS) is 1. The molecule has 27 heavy (non-hydrogen) atoms. The molecule has 8 nitrogen and oxygen atoms in total. The van der Waals surface area contributed by atoms with Crippen LogP contribution >= 0.6 is 0 Å². The molecule has 0 aliphatic rings. The van der Waals surface area contributed by atoms with Crippen LogP contribution in [0.3, 0.4) is 0 Å². The lowest BCUT2D eigenvalue weighted by atomic mass is 10.0. The van der Waals surface area contributed by atoms with Crippen LogP contribution in [0.15, 0.2) is 30.3 Å². The molecule has 0 bridgehead atoms. The summed E-state index contributed by atoms with van der Waals surface area (Å²) in [6.07, 6.45) is -0.751. The molecule has 0 aliphatic carbocycles. The van der Waals surface area contributed by atoms with Crippen LogP contribution in [0.5, 0.6) is 0 Å². The molecule has 2 amide bonds. The fourth-order valence-corrected chi connectivity index (χ4v) is 2.29. The summed E-state index contributed by atoms with van der Waals surface area (Å²) in [6.45, 7) is 4.83. The monoisotopic (exact) mass is 378 g/mol. The van der Waals surface area contributed by atoms with Gasteiger partial charge in [-0.25, -0.2) is 9.59 Å². The number of ether oxygens (including phenoxy) is 1. The second-order valence-corrected chi connectivity index (χ2v) is 6.57. The first-order chi connectivity index (χ1) is 12.7. The van der Waals surface area contributed by atoms with E-state index in [1.54, 1.807) is 26.0 Å². The molecule has 1 aromatic carbocycles. The highest BCUT2D eigenvalue weighted by Crippen LogP contribution is 2.07. The first-order valence-electron chi connectivity index (χ1n) is 8.70. The van der Waals surface area contributed by atoms with Gasteiger partial charge in [0.2, 0.25) is 5.91 Å². The highest BCUT2D eigenvalue weighted by atomic mass is 16.5. The van der Waals surface area contributed by atoms with Gasteiger partial charge in [-0.05, 0) is 24.8 Å². The molecule has 0 spiro atoms. The zero-order valence-electron chi connectivity index (χ0n) is 15.7. The van der Waals surface area contributed by atoms with Gasteiger partial charge in [0.25, 0.3) is 0 Å². The average molecular weight is 378 g/mol. The van der Waals surface area contributed by atoms with Gasteiger partial charge < -0.3 is 25.3 Å². The lowest BCUT2D eigenvalue weighted by Gasteiger charge is -2.23. The van der Waals surface area contributed by atoms with Crippen molar-refractivity contribution in [3.63, 3.8) is 0 Å². The van der Waals surface area contributed by atoms with Crippen molar-refractivity contribution in [3.8, 4) is 0 Å². The largest absolute Gasteiger partial charge is 0.480 e. The number of alkyl carbamates (subject to hydrolysis) is 1. The molecule has 0 aliphatic heterocycles. The van der Waals surface area contributed by atoms with Crippen molar-refractivity contribution in [2.24, 2.45) is 5.92 Å². The molecule has 0 aromatic heterocycles. The average Bonchev–Trinajstić information content (AvgIpc) is 2.61. The van der Waals surface area contributed by atoms with Crippen LogP contribution in [0.2, 0.25) is 0 Å². The van der Waals surface area contributed by atoms with Crippen LogP contribution < -0.4 is 10.6 Å². The summed E-state index contributed by atoms with van der Waals surface area (Å²) in [7, 11) is 0. The van der Waals surface area contributed by atoms with Crippen molar-refractivity contribution in [1.82, 2.24) is 10.6 Å². The minimum atomic E-state index is -1.24. The number of ketones is 1. The van der Waals surface area contributed by atoms with Crippen molar-refractivity contribution in [2.45, 2.75) is 52.3 Å².